The Morgan fingerprint density at radius 3 is 2.25 bits per heavy atom. The summed E-state index contributed by atoms with van der Waals surface area (Å²) in [6, 6.07) is 0. The molecule has 0 bridgehead atoms. The summed E-state index contributed by atoms with van der Waals surface area (Å²) in [6.45, 7) is 11.8. The summed E-state index contributed by atoms with van der Waals surface area (Å²) < 4.78 is 5.26. The zero-order valence-electron chi connectivity index (χ0n) is 8.52. The van der Waals surface area contributed by atoms with E-state index in [-0.39, 0.29) is 6.10 Å². The molecular weight excluding hydrogens is 148 g/mol. The Hall–Kier alpha value is -0.560. The smallest absolute Gasteiger partial charge is 0.0776 e. The maximum atomic E-state index is 5.26. The maximum absolute atomic E-state index is 5.26. The van der Waals surface area contributed by atoms with Crippen LogP contribution < -0.4 is 0 Å². The maximum Gasteiger partial charge on any atom is 0.0776 e. The molecule has 1 nitrogen and oxygen atoms in total. The summed E-state index contributed by atoms with van der Waals surface area (Å²) in [6.07, 6.45) is 3.51. The van der Waals surface area contributed by atoms with Crippen molar-refractivity contribution in [1.29, 1.82) is 0 Å². The second-order valence-electron chi connectivity index (χ2n) is 3.42. The van der Waals surface area contributed by atoms with E-state index in [1.165, 1.54) is 5.57 Å². The molecule has 0 saturated carbocycles. The molecule has 0 amide bonds. The Bertz CT molecular complexity index is 158. The van der Waals surface area contributed by atoms with Crippen LogP contribution >= 0.6 is 0 Å². The third kappa shape index (κ3) is 5.14. The number of methoxy groups -OCH3 is 1. The van der Waals surface area contributed by atoms with Gasteiger partial charge in [-0.2, -0.15) is 0 Å². The molecule has 0 aromatic heterocycles. The van der Waals surface area contributed by atoms with Crippen LogP contribution in [-0.2, 0) is 4.74 Å². The number of hydrogen-bond donors (Lipinski definition) is 0. The van der Waals surface area contributed by atoms with E-state index < -0.39 is 0 Å². The van der Waals surface area contributed by atoms with Crippen LogP contribution in [0.4, 0.5) is 0 Å². The Balaban J connectivity index is 3.59. The van der Waals surface area contributed by atoms with Crippen LogP contribution in [0.3, 0.4) is 0 Å². The Labute approximate surface area is 76.1 Å². The first-order valence-corrected chi connectivity index (χ1v) is 4.40. The molecule has 1 unspecified atom stereocenters. The monoisotopic (exact) mass is 168 g/mol. The van der Waals surface area contributed by atoms with E-state index in [1.807, 2.05) is 6.92 Å². The summed E-state index contributed by atoms with van der Waals surface area (Å²) in [5, 5.41) is 0. The van der Waals surface area contributed by atoms with Crippen LogP contribution in [0.1, 0.15) is 33.1 Å². The molecule has 0 aliphatic heterocycles. The third-order valence-electron chi connectivity index (χ3n) is 1.90. The molecule has 0 fully saturated rings. The van der Waals surface area contributed by atoms with Gasteiger partial charge in [0.15, 0.2) is 0 Å². The lowest BCUT2D eigenvalue weighted by Gasteiger charge is -2.14. The average Bonchev–Trinajstić information content (AvgIpc) is 1.96. The molecular formula is C11H20O. The third-order valence-corrected chi connectivity index (χ3v) is 1.90. The molecule has 0 radical (unpaired) electrons. The van der Waals surface area contributed by atoms with E-state index in [2.05, 4.69) is 20.1 Å². The highest BCUT2D eigenvalue weighted by Gasteiger charge is 2.06. The molecule has 0 aliphatic carbocycles. The predicted octanol–water partition coefficient (Wildman–Crippen LogP) is 3.32. The quantitative estimate of drug-likeness (QED) is 0.553. The van der Waals surface area contributed by atoms with Gasteiger partial charge in [-0.1, -0.05) is 17.7 Å². The van der Waals surface area contributed by atoms with E-state index in [1.54, 1.807) is 7.11 Å². The molecule has 0 spiro atoms. The molecule has 1 heteroatoms. The fourth-order valence-corrected chi connectivity index (χ4v) is 1.15. The van der Waals surface area contributed by atoms with Crippen molar-refractivity contribution in [3.63, 3.8) is 0 Å². The molecule has 0 saturated heterocycles. The van der Waals surface area contributed by atoms with Crippen LogP contribution in [0.15, 0.2) is 24.3 Å². The molecule has 0 aromatic carbocycles. The van der Waals surface area contributed by atoms with Gasteiger partial charge in [-0.05, 0) is 33.1 Å². The fraction of sp³-hybridized carbons (Fsp3) is 0.636. The van der Waals surface area contributed by atoms with Gasteiger partial charge in [-0.25, -0.2) is 0 Å². The molecule has 1 atom stereocenters. The van der Waals surface area contributed by atoms with Gasteiger partial charge >= 0.3 is 0 Å². The number of ether oxygens (including phenoxy) is 1. The van der Waals surface area contributed by atoms with Gasteiger partial charge < -0.3 is 4.74 Å². The van der Waals surface area contributed by atoms with Crippen molar-refractivity contribution in [2.24, 2.45) is 0 Å². The molecule has 0 aliphatic rings. The van der Waals surface area contributed by atoms with E-state index >= 15 is 0 Å². The van der Waals surface area contributed by atoms with Crippen LogP contribution in [0.5, 0.6) is 0 Å². The lowest BCUT2D eigenvalue weighted by molar-refractivity contribution is 0.123. The summed E-state index contributed by atoms with van der Waals surface area (Å²) in [5.41, 5.74) is 2.35. The average molecular weight is 168 g/mol. The normalized spacial score (nSPS) is 12.6. The van der Waals surface area contributed by atoms with E-state index in [0.717, 1.165) is 24.8 Å². The zero-order chi connectivity index (χ0) is 9.56. The minimum absolute atomic E-state index is 0.226. The van der Waals surface area contributed by atoms with E-state index in [0.29, 0.717) is 0 Å². The lowest BCUT2D eigenvalue weighted by Crippen LogP contribution is -2.10. The summed E-state index contributed by atoms with van der Waals surface area (Å²) in [4.78, 5) is 0. The lowest BCUT2D eigenvalue weighted by atomic mass is 10.0. The molecule has 0 aromatic rings. The Morgan fingerprint density at radius 2 is 1.92 bits per heavy atom. The molecule has 12 heavy (non-hydrogen) atoms. The summed E-state index contributed by atoms with van der Waals surface area (Å²) in [5.74, 6) is 0. The highest BCUT2D eigenvalue weighted by atomic mass is 16.5. The van der Waals surface area contributed by atoms with Crippen LogP contribution in [0, 0.1) is 0 Å². The molecule has 70 valence electrons. The van der Waals surface area contributed by atoms with Gasteiger partial charge in [0.2, 0.25) is 0 Å². The van der Waals surface area contributed by atoms with Crippen molar-refractivity contribution in [3.8, 4) is 0 Å². The van der Waals surface area contributed by atoms with Gasteiger partial charge in [0.1, 0.15) is 0 Å². The van der Waals surface area contributed by atoms with Gasteiger partial charge in [-0.3, -0.25) is 0 Å². The Morgan fingerprint density at radius 1 is 1.33 bits per heavy atom. The minimum Gasteiger partial charge on any atom is -0.377 e. The summed E-state index contributed by atoms with van der Waals surface area (Å²) >= 11 is 0. The fourth-order valence-electron chi connectivity index (χ4n) is 1.15. The molecule has 0 N–H and O–H groups in total. The van der Waals surface area contributed by atoms with Crippen molar-refractivity contribution >= 4 is 0 Å². The Kier molecular flexibility index (Phi) is 5.73. The molecule has 0 heterocycles. The van der Waals surface area contributed by atoms with Crippen molar-refractivity contribution in [1.82, 2.24) is 0 Å². The standard InChI is InChI=1S/C11H20O/c1-9(2)7-6-8-11(12-5)10(3)4/h11H,1,3,6-8H2,2,4-5H3. The van der Waals surface area contributed by atoms with Crippen molar-refractivity contribution in [2.45, 2.75) is 39.2 Å². The highest BCUT2D eigenvalue weighted by molar-refractivity contribution is 4.98. The van der Waals surface area contributed by atoms with Crippen LogP contribution in [0.25, 0.3) is 0 Å². The van der Waals surface area contributed by atoms with Crippen molar-refractivity contribution in [3.05, 3.63) is 24.3 Å². The first kappa shape index (κ1) is 11.4. The first-order valence-electron chi connectivity index (χ1n) is 4.40. The summed E-state index contributed by atoms with van der Waals surface area (Å²) in [7, 11) is 1.74. The van der Waals surface area contributed by atoms with Gasteiger partial charge in [0.25, 0.3) is 0 Å². The second kappa shape index (κ2) is 6.01. The van der Waals surface area contributed by atoms with E-state index in [9.17, 15) is 0 Å². The van der Waals surface area contributed by atoms with Gasteiger partial charge in [-0.15, -0.1) is 6.58 Å². The SMILES string of the molecule is C=C(C)CCCC(OC)C(=C)C. The predicted molar refractivity (Wildman–Crippen MR) is 54.3 cm³/mol. The van der Waals surface area contributed by atoms with Crippen LogP contribution in [0.2, 0.25) is 0 Å². The number of hydrogen-bond acceptors (Lipinski definition) is 1. The molecule has 0 rings (SSSR count). The zero-order valence-corrected chi connectivity index (χ0v) is 8.52. The highest BCUT2D eigenvalue weighted by Crippen LogP contribution is 2.13. The number of allylic oxidation sites excluding steroid dienone is 1. The number of rotatable bonds is 6. The van der Waals surface area contributed by atoms with Crippen molar-refractivity contribution in [2.75, 3.05) is 7.11 Å². The first-order chi connectivity index (χ1) is 5.57. The van der Waals surface area contributed by atoms with Crippen molar-refractivity contribution < 1.29 is 4.74 Å². The largest absolute Gasteiger partial charge is 0.377 e. The van der Waals surface area contributed by atoms with Gasteiger partial charge in [0.05, 0.1) is 6.10 Å². The van der Waals surface area contributed by atoms with Gasteiger partial charge in [0, 0.05) is 7.11 Å². The minimum atomic E-state index is 0.226. The van der Waals surface area contributed by atoms with E-state index in [4.69, 9.17) is 4.74 Å². The van der Waals surface area contributed by atoms with Crippen LogP contribution in [-0.4, -0.2) is 13.2 Å². The second-order valence-corrected chi connectivity index (χ2v) is 3.42. The topological polar surface area (TPSA) is 9.23 Å².